The third-order valence-electron chi connectivity index (χ3n) is 6.01. The molecule has 0 bridgehead atoms. The topological polar surface area (TPSA) is 31.6 Å². The standard InChI is InChI=1S/2C11H16O.C9H6O.2ClH.Ti/c2*1-8-5-6-10(12)9(7-8)11(2,3)4;1-7-6-8-4-2-3-5-9(8)10-7;;;/h2*5-7,12H,1-4H3;1-6H;2*1H;/q;;;;;+4/p-4. The molecule has 0 amide bonds. The van der Waals surface area contributed by atoms with Crippen molar-refractivity contribution in [1.82, 2.24) is 0 Å². The van der Waals surface area contributed by atoms with E-state index in [4.69, 9.17) is 11.1 Å². The van der Waals surface area contributed by atoms with Crippen molar-refractivity contribution < 1.29 is 54.1 Å². The molecule has 0 aliphatic rings. The molecule has 0 unspecified atom stereocenters. The summed E-state index contributed by atoms with van der Waals surface area (Å²) in [5.41, 5.74) is 5.58. The largest absolute Gasteiger partial charge is 1.00 e. The Bertz CT molecular complexity index is 1290. The average Bonchev–Trinajstić information content (AvgIpc) is 3.17. The molecule has 37 heavy (non-hydrogen) atoms. The Hall–Kier alpha value is -2.04. The van der Waals surface area contributed by atoms with Crippen LogP contribution in [-0.2, 0) is 29.0 Å². The fourth-order valence-electron chi connectivity index (χ4n) is 4.12. The van der Waals surface area contributed by atoms with Crippen molar-refractivity contribution in [3.05, 3.63) is 94.7 Å². The Labute approximate surface area is 240 Å². The number of aryl methyl sites for hydroxylation is 2. The Kier molecular flexibility index (Phi) is 10.3. The summed E-state index contributed by atoms with van der Waals surface area (Å²) in [7, 11) is 0. The van der Waals surface area contributed by atoms with Crippen LogP contribution in [0.3, 0.4) is 0 Å². The number of benzene rings is 3. The van der Waals surface area contributed by atoms with E-state index in [-0.39, 0.29) is 35.6 Å². The van der Waals surface area contributed by atoms with Crippen LogP contribution >= 0.6 is 0 Å². The molecule has 1 aromatic heterocycles. The van der Waals surface area contributed by atoms with Crippen LogP contribution in [0, 0.1) is 13.8 Å². The fraction of sp³-hybridized carbons (Fsp3) is 0.323. The molecule has 0 fully saturated rings. The number of furan rings is 1. The molecule has 6 heteroatoms. The Balaban J connectivity index is 0.00000241. The van der Waals surface area contributed by atoms with Crippen molar-refractivity contribution in [3.8, 4) is 11.5 Å². The van der Waals surface area contributed by atoms with Gasteiger partial charge in [0.1, 0.15) is 0 Å². The quantitative estimate of drug-likeness (QED) is 0.343. The molecule has 0 atom stereocenters. The zero-order valence-electron chi connectivity index (χ0n) is 22.9. The monoisotopic (exact) mass is 574 g/mol. The van der Waals surface area contributed by atoms with Crippen LogP contribution in [-0.4, -0.2) is 4.31 Å². The van der Waals surface area contributed by atoms with Crippen LogP contribution in [0.15, 0.2) is 71.1 Å². The summed E-state index contributed by atoms with van der Waals surface area (Å²) in [5, 5.41) is 1.08. The maximum absolute atomic E-state index is 6.76. The van der Waals surface area contributed by atoms with Gasteiger partial charge in [0, 0.05) is 0 Å². The van der Waals surface area contributed by atoms with Crippen molar-refractivity contribution in [1.29, 1.82) is 0 Å². The predicted molar refractivity (Wildman–Crippen MR) is 142 cm³/mol. The first-order chi connectivity index (χ1) is 16.4. The average molecular weight is 575 g/mol. The summed E-state index contributed by atoms with van der Waals surface area (Å²) in [6.07, 6.45) is 0. The molecule has 0 radical (unpaired) electrons. The minimum atomic E-state index is -2.77. The number of hydrogen-bond acceptors (Lipinski definition) is 3. The normalized spacial score (nSPS) is 11.1. The second kappa shape index (κ2) is 12.2. The van der Waals surface area contributed by atoms with Gasteiger partial charge in [0.2, 0.25) is 0 Å². The zero-order valence-corrected chi connectivity index (χ0v) is 26.0. The minimum absolute atomic E-state index is 0. The van der Waals surface area contributed by atoms with Crippen molar-refractivity contribution in [2.45, 2.75) is 66.2 Å². The molecule has 0 N–H and O–H groups in total. The summed E-state index contributed by atoms with van der Waals surface area (Å²) in [6, 6.07) is 22.9. The first kappa shape index (κ1) is 31.2. The summed E-state index contributed by atoms with van der Waals surface area (Å²) in [5.74, 6) is 2.56. The van der Waals surface area contributed by atoms with E-state index in [1.165, 1.54) is 22.3 Å². The fourth-order valence-corrected chi connectivity index (χ4v) is 6.19. The molecular weight excluding hydrogens is 539 g/mol. The summed E-state index contributed by atoms with van der Waals surface area (Å²) >= 11 is -2.77. The number of fused-ring (bicyclic) bond motifs is 1. The molecule has 0 spiro atoms. The van der Waals surface area contributed by atoms with Crippen LogP contribution < -0.4 is 31.5 Å². The third kappa shape index (κ3) is 7.74. The minimum Gasteiger partial charge on any atom is -1.00 e. The Morgan fingerprint density at radius 2 is 1.16 bits per heavy atom. The number of hydrogen-bond donors (Lipinski definition) is 0. The van der Waals surface area contributed by atoms with E-state index in [2.05, 4.69) is 108 Å². The number of halogens is 2. The number of rotatable bonds is 5. The van der Waals surface area contributed by atoms with Gasteiger partial charge in [-0.15, -0.1) is 0 Å². The summed E-state index contributed by atoms with van der Waals surface area (Å²) < 4.78 is 21.7. The van der Waals surface area contributed by atoms with Gasteiger partial charge in [0.05, 0.1) is 0 Å². The smallest absolute Gasteiger partial charge is 1.00 e. The second-order valence-corrected chi connectivity index (χ2v) is 13.4. The van der Waals surface area contributed by atoms with E-state index in [9.17, 15) is 0 Å². The molecule has 196 valence electrons. The van der Waals surface area contributed by atoms with E-state index in [1.54, 1.807) is 0 Å². The van der Waals surface area contributed by atoms with E-state index >= 15 is 0 Å². The van der Waals surface area contributed by atoms with Crippen molar-refractivity contribution in [2.75, 3.05) is 0 Å². The van der Waals surface area contributed by atoms with Gasteiger partial charge < -0.3 is 24.8 Å². The van der Waals surface area contributed by atoms with Gasteiger partial charge in [-0.3, -0.25) is 0 Å². The first-order valence-electron chi connectivity index (χ1n) is 12.2. The van der Waals surface area contributed by atoms with Crippen LogP contribution in [0.25, 0.3) is 11.0 Å². The SMILES string of the molecule is Cc1ccc([O][Ti+2](=[CH]c2cc3ccccc3o2)[O]c2ccc(C)cc2C(C)(C)C)c(C(C)(C)C)c1.[Cl-].[Cl-]. The van der Waals surface area contributed by atoms with E-state index in [0.29, 0.717) is 0 Å². The summed E-state index contributed by atoms with van der Waals surface area (Å²) in [4.78, 5) is 0. The molecule has 0 saturated heterocycles. The Morgan fingerprint density at radius 1 is 0.676 bits per heavy atom. The molecule has 4 rings (SSSR count). The van der Waals surface area contributed by atoms with Crippen LogP contribution in [0.1, 0.15) is 69.6 Å². The van der Waals surface area contributed by atoms with E-state index in [0.717, 1.165) is 28.2 Å². The third-order valence-corrected chi connectivity index (χ3v) is 8.14. The molecule has 0 aliphatic heterocycles. The molecular formula is C31H36Cl2O3Ti. The number of para-hydroxylation sites is 1. The molecule has 4 aromatic rings. The predicted octanol–water partition coefficient (Wildman–Crippen LogP) is 2.41. The maximum atomic E-state index is 6.76. The van der Waals surface area contributed by atoms with Gasteiger partial charge in [0.25, 0.3) is 0 Å². The van der Waals surface area contributed by atoms with E-state index < -0.39 is 18.2 Å². The van der Waals surface area contributed by atoms with Gasteiger partial charge in [0.15, 0.2) is 0 Å². The van der Waals surface area contributed by atoms with Crippen LogP contribution in [0.4, 0.5) is 0 Å². The molecule has 3 aromatic carbocycles. The van der Waals surface area contributed by atoms with Crippen molar-refractivity contribution in [2.24, 2.45) is 0 Å². The van der Waals surface area contributed by atoms with Crippen molar-refractivity contribution in [3.63, 3.8) is 0 Å². The Morgan fingerprint density at radius 3 is 1.62 bits per heavy atom. The van der Waals surface area contributed by atoms with E-state index in [1.807, 2.05) is 18.2 Å². The molecule has 0 saturated carbocycles. The first-order valence-corrected chi connectivity index (χ1v) is 14.4. The maximum Gasteiger partial charge on any atom is -1.00 e. The molecule has 0 aliphatic carbocycles. The van der Waals surface area contributed by atoms with Crippen molar-refractivity contribution >= 4 is 15.3 Å². The van der Waals surface area contributed by atoms with Gasteiger partial charge in [-0.1, -0.05) is 0 Å². The molecule has 1 heterocycles. The zero-order chi connectivity index (χ0) is 25.4. The molecule has 3 nitrogen and oxygen atoms in total. The van der Waals surface area contributed by atoms with Crippen LogP contribution in [0.5, 0.6) is 11.5 Å². The van der Waals surface area contributed by atoms with Gasteiger partial charge >= 0.3 is 217 Å². The summed E-state index contributed by atoms with van der Waals surface area (Å²) in [6.45, 7) is 17.5. The van der Waals surface area contributed by atoms with Crippen LogP contribution in [0.2, 0.25) is 0 Å². The van der Waals surface area contributed by atoms with Gasteiger partial charge in [-0.05, 0) is 0 Å². The van der Waals surface area contributed by atoms with Gasteiger partial charge in [-0.25, -0.2) is 0 Å². The van der Waals surface area contributed by atoms with Gasteiger partial charge in [-0.2, -0.15) is 0 Å². The second-order valence-electron chi connectivity index (χ2n) is 11.4.